The molecule has 2 amide bonds. The number of nitrogens with one attached hydrogen (secondary N) is 2. The van der Waals surface area contributed by atoms with Crippen LogP contribution in [0, 0.1) is 0 Å². The molecule has 2 atom stereocenters. The molecule has 5 N–H and O–H groups in total. The van der Waals surface area contributed by atoms with Crippen molar-refractivity contribution in [1.82, 2.24) is 10.6 Å². The summed E-state index contributed by atoms with van der Waals surface area (Å²) in [4.78, 5) is 57.2. The van der Waals surface area contributed by atoms with E-state index < -0.39 is 35.9 Å². The van der Waals surface area contributed by atoms with Gasteiger partial charge in [0.2, 0.25) is 11.8 Å². The fourth-order valence-electron chi connectivity index (χ4n) is 4.29. The number of unbranched alkanes of at least 4 members (excludes halogenated alkanes) is 13. The second-order valence-corrected chi connectivity index (χ2v) is 10.1. The highest BCUT2D eigenvalue weighted by atomic mass is 16.4. The maximum absolute atomic E-state index is 12.1. The molecule has 0 aromatic rings. The Bertz CT molecular complexity index is 698. The summed E-state index contributed by atoms with van der Waals surface area (Å²) in [5, 5.41) is 31.9. The van der Waals surface area contributed by atoms with Crippen molar-refractivity contribution in [2.24, 2.45) is 0 Å². The van der Waals surface area contributed by atoms with Crippen molar-refractivity contribution in [3.8, 4) is 0 Å². The largest absolute Gasteiger partial charge is 0.481 e. The lowest BCUT2D eigenvalue weighted by atomic mass is 10.0. The van der Waals surface area contributed by atoms with E-state index in [1.54, 1.807) is 6.92 Å². The first kappa shape index (κ1) is 35.4. The molecule has 10 heteroatoms. The van der Waals surface area contributed by atoms with Crippen molar-refractivity contribution in [1.29, 1.82) is 0 Å². The lowest BCUT2D eigenvalue weighted by Crippen LogP contribution is -2.43. The van der Waals surface area contributed by atoms with Gasteiger partial charge in [0.25, 0.3) is 0 Å². The number of hydrogen-bond acceptors (Lipinski definition) is 5. The Morgan fingerprint density at radius 2 is 0.842 bits per heavy atom. The summed E-state index contributed by atoms with van der Waals surface area (Å²) in [6.45, 7) is 1.81. The first-order valence-electron chi connectivity index (χ1n) is 14.4. The van der Waals surface area contributed by atoms with Crippen LogP contribution in [0.25, 0.3) is 0 Å². The Morgan fingerprint density at radius 3 is 1.21 bits per heavy atom. The Labute approximate surface area is 227 Å². The van der Waals surface area contributed by atoms with Crippen LogP contribution in [-0.2, 0) is 24.0 Å². The average Bonchev–Trinajstić information content (AvgIpc) is 2.85. The molecule has 0 aliphatic carbocycles. The Kier molecular flexibility index (Phi) is 21.8. The predicted molar refractivity (Wildman–Crippen MR) is 145 cm³/mol. The van der Waals surface area contributed by atoms with E-state index in [-0.39, 0.29) is 31.6 Å². The molecule has 220 valence electrons. The van der Waals surface area contributed by atoms with Crippen molar-refractivity contribution in [3.05, 3.63) is 0 Å². The first-order chi connectivity index (χ1) is 18.2. The van der Waals surface area contributed by atoms with Crippen LogP contribution in [0.4, 0.5) is 0 Å². The van der Waals surface area contributed by atoms with Crippen LogP contribution in [0.1, 0.15) is 135 Å². The van der Waals surface area contributed by atoms with Gasteiger partial charge in [0.1, 0.15) is 12.1 Å². The summed E-state index contributed by atoms with van der Waals surface area (Å²) < 4.78 is 0. The standard InChI is InChI=1S/C28H50N2O8/c1-2-17-22(27(35)36)29-25(32)21-20-23(28(37)38)30-24(31)18-15-13-11-9-7-5-3-4-6-8-10-12-14-16-19-26(33)34/h22-23H,2-21H2,1H3,(H,29,32)(H,30,31)(H,33,34)(H,35,36)(H,37,38). The minimum Gasteiger partial charge on any atom is -0.481 e. The zero-order chi connectivity index (χ0) is 28.6. The quantitative estimate of drug-likeness (QED) is 0.0947. The topological polar surface area (TPSA) is 170 Å². The van der Waals surface area contributed by atoms with E-state index >= 15 is 0 Å². The van der Waals surface area contributed by atoms with Crippen LogP contribution < -0.4 is 10.6 Å². The van der Waals surface area contributed by atoms with Crippen LogP contribution in [-0.4, -0.2) is 57.1 Å². The number of rotatable bonds is 26. The van der Waals surface area contributed by atoms with Crippen LogP contribution in [0.15, 0.2) is 0 Å². The number of carbonyl (C=O) groups is 5. The normalized spacial score (nSPS) is 12.4. The summed E-state index contributed by atoms with van der Waals surface area (Å²) in [5.74, 6) is -3.95. The monoisotopic (exact) mass is 542 g/mol. The van der Waals surface area contributed by atoms with E-state index in [1.165, 1.54) is 44.9 Å². The Morgan fingerprint density at radius 1 is 0.500 bits per heavy atom. The molecule has 0 saturated heterocycles. The van der Waals surface area contributed by atoms with E-state index in [9.17, 15) is 29.1 Å². The van der Waals surface area contributed by atoms with Gasteiger partial charge in [-0.1, -0.05) is 90.4 Å². The third-order valence-corrected chi connectivity index (χ3v) is 6.55. The molecule has 0 rings (SSSR count). The minimum atomic E-state index is -1.22. The average molecular weight is 543 g/mol. The molecular formula is C28H50N2O8. The predicted octanol–water partition coefficient (Wildman–Crippen LogP) is 5.03. The fraction of sp³-hybridized carbons (Fsp3) is 0.821. The van der Waals surface area contributed by atoms with Gasteiger partial charge in [0, 0.05) is 19.3 Å². The van der Waals surface area contributed by atoms with Gasteiger partial charge in [0.05, 0.1) is 0 Å². The molecule has 0 aliphatic heterocycles. The zero-order valence-corrected chi connectivity index (χ0v) is 23.2. The van der Waals surface area contributed by atoms with Crippen molar-refractivity contribution in [2.75, 3.05) is 0 Å². The molecule has 0 fully saturated rings. The smallest absolute Gasteiger partial charge is 0.326 e. The summed E-state index contributed by atoms with van der Waals surface area (Å²) in [6, 6.07) is -2.18. The summed E-state index contributed by atoms with van der Waals surface area (Å²) in [7, 11) is 0. The van der Waals surface area contributed by atoms with Gasteiger partial charge in [-0.2, -0.15) is 0 Å². The molecule has 2 unspecified atom stereocenters. The van der Waals surface area contributed by atoms with Crippen LogP contribution >= 0.6 is 0 Å². The first-order valence-corrected chi connectivity index (χ1v) is 14.4. The molecule has 10 nitrogen and oxygen atoms in total. The van der Waals surface area contributed by atoms with E-state index in [1.807, 2.05) is 0 Å². The molecule has 0 bridgehead atoms. The maximum Gasteiger partial charge on any atom is 0.326 e. The number of carboxylic acids is 3. The van der Waals surface area contributed by atoms with Gasteiger partial charge in [-0.15, -0.1) is 0 Å². The third kappa shape index (κ3) is 21.4. The van der Waals surface area contributed by atoms with E-state index in [0.29, 0.717) is 19.3 Å². The molecule has 0 aromatic carbocycles. The van der Waals surface area contributed by atoms with E-state index in [2.05, 4.69) is 10.6 Å². The number of aliphatic carboxylic acids is 3. The third-order valence-electron chi connectivity index (χ3n) is 6.55. The fourth-order valence-corrected chi connectivity index (χ4v) is 4.29. The SMILES string of the molecule is CCCC(NC(=O)CCC(NC(=O)CCCCCCCCCCCCCCCCC(=O)O)C(=O)O)C(=O)O. The van der Waals surface area contributed by atoms with Gasteiger partial charge >= 0.3 is 17.9 Å². The number of carboxylic acid groups (broad SMARTS) is 3. The zero-order valence-electron chi connectivity index (χ0n) is 23.2. The Hall–Kier alpha value is -2.65. The number of amides is 2. The van der Waals surface area contributed by atoms with Gasteiger partial charge in [-0.05, 0) is 25.7 Å². The Balaban J connectivity index is 3.78. The van der Waals surface area contributed by atoms with Crippen LogP contribution in [0.2, 0.25) is 0 Å². The van der Waals surface area contributed by atoms with Crippen molar-refractivity contribution >= 4 is 29.7 Å². The van der Waals surface area contributed by atoms with E-state index in [0.717, 1.165) is 38.5 Å². The number of carbonyl (C=O) groups excluding carboxylic acids is 2. The molecule has 0 aromatic heterocycles. The van der Waals surface area contributed by atoms with Crippen LogP contribution in [0.3, 0.4) is 0 Å². The lowest BCUT2D eigenvalue weighted by molar-refractivity contribution is -0.143. The second-order valence-electron chi connectivity index (χ2n) is 10.1. The number of hydrogen-bond donors (Lipinski definition) is 5. The van der Waals surface area contributed by atoms with Crippen LogP contribution in [0.5, 0.6) is 0 Å². The van der Waals surface area contributed by atoms with Crippen molar-refractivity contribution < 1.29 is 39.3 Å². The maximum atomic E-state index is 12.1. The highest BCUT2D eigenvalue weighted by Gasteiger charge is 2.23. The molecule has 38 heavy (non-hydrogen) atoms. The highest BCUT2D eigenvalue weighted by Crippen LogP contribution is 2.14. The summed E-state index contributed by atoms with van der Waals surface area (Å²) in [5.41, 5.74) is 0. The summed E-state index contributed by atoms with van der Waals surface area (Å²) >= 11 is 0. The second kappa shape index (κ2) is 23.5. The molecule has 0 radical (unpaired) electrons. The lowest BCUT2D eigenvalue weighted by Gasteiger charge is -2.16. The highest BCUT2D eigenvalue weighted by molar-refractivity contribution is 5.86. The van der Waals surface area contributed by atoms with E-state index in [4.69, 9.17) is 10.2 Å². The van der Waals surface area contributed by atoms with Gasteiger partial charge in [0.15, 0.2) is 0 Å². The van der Waals surface area contributed by atoms with Crippen molar-refractivity contribution in [3.63, 3.8) is 0 Å². The van der Waals surface area contributed by atoms with Crippen molar-refractivity contribution in [2.45, 2.75) is 147 Å². The molecule has 0 aliphatic rings. The van der Waals surface area contributed by atoms with Gasteiger partial charge in [-0.25, -0.2) is 9.59 Å². The summed E-state index contributed by atoms with van der Waals surface area (Å²) in [6.07, 6.45) is 16.2. The minimum absolute atomic E-state index is 0.0990. The van der Waals surface area contributed by atoms with Gasteiger partial charge in [-0.3, -0.25) is 14.4 Å². The van der Waals surface area contributed by atoms with Gasteiger partial charge < -0.3 is 26.0 Å². The molecule has 0 heterocycles. The molecule has 0 saturated carbocycles. The molecule has 0 spiro atoms. The molecular weight excluding hydrogens is 492 g/mol.